The maximum absolute atomic E-state index is 8.75. The third kappa shape index (κ3) is 2.46. The van der Waals surface area contributed by atoms with Gasteiger partial charge in [0.15, 0.2) is 11.5 Å². The average Bonchev–Trinajstić information content (AvgIpc) is 3.11. The molecule has 2 rings (SSSR count). The molecule has 0 unspecified atom stereocenters. The lowest BCUT2D eigenvalue weighted by atomic mass is 10.1. The van der Waals surface area contributed by atoms with Crippen LogP contribution in [-0.4, -0.2) is 13.7 Å². The lowest BCUT2D eigenvalue weighted by Crippen LogP contribution is -2.03. The Kier molecular flexibility index (Phi) is 3.31. The smallest absolute Gasteiger partial charge is 0.165 e. The van der Waals surface area contributed by atoms with Crippen molar-refractivity contribution in [2.24, 2.45) is 5.92 Å². The van der Waals surface area contributed by atoms with Crippen molar-refractivity contribution < 1.29 is 9.47 Å². The van der Waals surface area contributed by atoms with E-state index in [1.807, 2.05) is 18.2 Å². The van der Waals surface area contributed by atoms with Crippen molar-refractivity contribution in [3.63, 3.8) is 0 Å². The number of benzene rings is 1. The summed E-state index contributed by atoms with van der Waals surface area (Å²) in [5.41, 5.74) is 0.905. The molecule has 0 atom stereocenters. The summed E-state index contributed by atoms with van der Waals surface area (Å²) in [6, 6.07) is 7.80. The Balaban J connectivity index is 2.18. The number of para-hydroxylation sites is 1. The van der Waals surface area contributed by atoms with E-state index >= 15 is 0 Å². The summed E-state index contributed by atoms with van der Waals surface area (Å²) >= 11 is 0. The summed E-state index contributed by atoms with van der Waals surface area (Å²) in [4.78, 5) is 0. The van der Waals surface area contributed by atoms with Crippen LogP contribution in [0, 0.1) is 17.2 Å². The van der Waals surface area contributed by atoms with Crippen LogP contribution in [0.1, 0.15) is 18.4 Å². The minimum absolute atomic E-state index is 0.358. The van der Waals surface area contributed by atoms with Gasteiger partial charge in [0, 0.05) is 5.56 Å². The molecule has 0 amide bonds. The molecular weight excluding hydrogens is 202 g/mol. The van der Waals surface area contributed by atoms with Crippen molar-refractivity contribution in [1.82, 2.24) is 0 Å². The molecule has 0 radical (unpaired) electrons. The van der Waals surface area contributed by atoms with E-state index in [1.165, 1.54) is 12.8 Å². The van der Waals surface area contributed by atoms with Crippen LogP contribution in [0.4, 0.5) is 0 Å². The van der Waals surface area contributed by atoms with E-state index in [0.717, 1.165) is 17.9 Å². The van der Waals surface area contributed by atoms with Crippen LogP contribution in [0.15, 0.2) is 18.2 Å². The van der Waals surface area contributed by atoms with E-state index in [2.05, 4.69) is 6.07 Å². The van der Waals surface area contributed by atoms with Gasteiger partial charge in [-0.15, -0.1) is 0 Å². The first-order valence-electron chi connectivity index (χ1n) is 5.50. The number of ether oxygens (including phenoxy) is 2. The van der Waals surface area contributed by atoms with Gasteiger partial charge < -0.3 is 9.47 Å². The average molecular weight is 217 g/mol. The number of hydrogen-bond donors (Lipinski definition) is 0. The van der Waals surface area contributed by atoms with Crippen molar-refractivity contribution in [3.8, 4) is 17.6 Å². The van der Waals surface area contributed by atoms with Gasteiger partial charge in [-0.2, -0.15) is 5.26 Å². The number of nitriles is 1. The van der Waals surface area contributed by atoms with Crippen molar-refractivity contribution in [2.75, 3.05) is 13.7 Å². The predicted molar refractivity (Wildman–Crippen MR) is 60.5 cm³/mol. The van der Waals surface area contributed by atoms with Gasteiger partial charge in [0.05, 0.1) is 26.2 Å². The Hall–Kier alpha value is -1.69. The molecule has 1 aliphatic rings. The zero-order valence-corrected chi connectivity index (χ0v) is 9.40. The summed E-state index contributed by atoms with van der Waals surface area (Å²) in [6.45, 7) is 0.735. The second kappa shape index (κ2) is 4.89. The van der Waals surface area contributed by atoms with Gasteiger partial charge in [0.1, 0.15) is 0 Å². The largest absolute Gasteiger partial charge is 0.493 e. The van der Waals surface area contributed by atoms with Gasteiger partial charge in [-0.3, -0.25) is 0 Å². The molecule has 0 aromatic heterocycles. The lowest BCUT2D eigenvalue weighted by Gasteiger charge is -2.13. The lowest BCUT2D eigenvalue weighted by molar-refractivity contribution is 0.278. The summed E-state index contributed by atoms with van der Waals surface area (Å²) in [7, 11) is 1.62. The van der Waals surface area contributed by atoms with E-state index in [9.17, 15) is 0 Å². The standard InChI is InChI=1S/C13H15NO2/c1-15-12-4-2-3-11(7-8-14)13(12)16-9-10-5-6-10/h2-4,10H,5-7,9H2,1H3. The fraction of sp³-hybridized carbons (Fsp3) is 0.462. The highest BCUT2D eigenvalue weighted by Gasteiger charge is 2.23. The quantitative estimate of drug-likeness (QED) is 0.761. The molecule has 1 aliphatic carbocycles. The Morgan fingerprint density at radius 1 is 1.44 bits per heavy atom. The minimum atomic E-state index is 0.358. The van der Waals surface area contributed by atoms with Crippen LogP contribution < -0.4 is 9.47 Å². The topological polar surface area (TPSA) is 42.2 Å². The Morgan fingerprint density at radius 2 is 2.25 bits per heavy atom. The normalized spacial score (nSPS) is 14.2. The highest BCUT2D eigenvalue weighted by Crippen LogP contribution is 2.35. The summed E-state index contributed by atoms with van der Waals surface area (Å²) < 4.78 is 11.0. The molecule has 1 aromatic rings. The first-order valence-corrected chi connectivity index (χ1v) is 5.50. The summed E-state index contributed by atoms with van der Waals surface area (Å²) in [6.07, 6.45) is 2.86. The third-order valence-electron chi connectivity index (χ3n) is 2.71. The van der Waals surface area contributed by atoms with Crippen molar-refractivity contribution in [2.45, 2.75) is 19.3 Å². The van der Waals surface area contributed by atoms with E-state index < -0.39 is 0 Å². The molecule has 0 heterocycles. The molecule has 0 spiro atoms. The molecule has 3 heteroatoms. The van der Waals surface area contributed by atoms with E-state index in [0.29, 0.717) is 18.1 Å². The molecular formula is C13H15NO2. The number of rotatable bonds is 5. The second-order valence-corrected chi connectivity index (χ2v) is 4.04. The molecule has 1 fully saturated rings. The summed E-state index contributed by atoms with van der Waals surface area (Å²) in [5.74, 6) is 2.15. The van der Waals surface area contributed by atoms with Crippen LogP contribution in [0.5, 0.6) is 11.5 Å². The fourth-order valence-electron chi connectivity index (χ4n) is 1.60. The highest BCUT2D eigenvalue weighted by atomic mass is 16.5. The number of hydrogen-bond acceptors (Lipinski definition) is 3. The van der Waals surface area contributed by atoms with Gasteiger partial charge >= 0.3 is 0 Å². The molecule has 0 aliphatic heterocycles. The third-order valence-corrected chi connectivity index (χ3v) is 2.71. The zero-order chi connectivity index (χ0) is 11.4. The van der Waals surface area contributed by atoms with Crippen LogP contribution in [0.3, 0.4) is 0 Å². The van der Waals surface area contributed by atoms with E-state index in [-0.39, 0.29) is 0 Å². The van der Waals surface area contributed by atoms with Gasteiger partial charge in [0.25, 0.3) is 0 Å². The molecule has 0 saturated heterocycles. The predicted octanol–water partition coefficient (Wildman–Crippen LogP) is 2.55. The summed E-state index contributed by atoms with van der Waals surface area (Å²) in [5, 5.41) is 8.75. The van der Waals surface area contributed by atoms with Crippen LogP contribution in [-0.2, 0) is 6.42 Å². The molecule has 0 bridgehead atoms. The van der Waals surface area contributed by atoms with Gasteiger partial charge in [-0.25, -0.2) is 0 Å². The van der Waals surface area contributed by atoms with Crippen molar-refractivity contribution in [3.05, 3.63) is 23.8 Å². The van der Waals surface area contributed by atoms with Crippen molar-refractivity contribution in [1.29, 1.82) is 5.26 Å². The molecule has 16 heavy (non-hydrogen) atoms. The van der Waals surface area contributed by atoms with E-state index in [1.54, 1.807) is 7.11 Å². The highest BCUT2D eigenvalue weighted by molar-refractivity contribution is 5.47. The Bertz CT molecular complexity index is 405. The monoisotopic (exact) mass is 217 g/mol. The first kappa shape index (κ1) is 10.8. The first-order chi connectivity index (χ1) is 7.85. The number of methoxy groups -OCH3 is 1. The molecule has 1 saturated carbocycles. The van der Waals surface area contributed by atoms with Crippen molar-refractivity contribution >= 4 is 0 Å². The molecule has 84 valence electrons. The van der Waals surface area contributed by atoms with Gasteiger partial charge in [-0.1, -0.05) is 12.1 Å². The molecule has 0 N–H and O–H groups in total. The SMILES string of the molecule is COc1cccc(CC#N)c1OCC1CC1. The van der Waals surface area contributed by atoms with Gasteiger partial charge in [0.2, 0.25) is 0 Å². The van der Waals surface area contributed by atoms with Crippen LogP contribution in [0.2, 0.25) is 0 Å². The molecule has 3 nitrogen and oxygen atoms in total. The van der Waals surface area contributed by atoms with Gasteiger partial charge in [-0.05, 0) is 24.8 Å². The Labute approximate surface area is 95.6 Å². The van der Waals surface area contributed by atoms with E-state index in [4.69, 9.17) is 14.7 Å². The zero-order valence-electron chi connectivity index (χ0n) is 9.40. The van der Waals surface area contributed by atoms with Crippen LogP contribution >= 0.6 is 0 Å². The fourth-order valence-corrected chi connectivity index (χ4v) is 1.60. The van der Waals surface area contributed by atoms with Crippen LogP contribution in [0.25, 0.3) is 0 Å². The maximum Gasteiger partial charge on any atom is 0.165 e. The second-order valence-electron chi connectivity index (χ2n) is 4.04. The molecule has 1 aromatic carbocycles. The number of nitrogens with zero attached hydrogens (tertiary/aromatic N) is 1. The Morgan fingerprint density at radius 3 is 2.88 bits per heavy atom. The minimum Gasteiger partial charge on any atom is -0.493 e. The maximum atomic E-state index is 8.75.